The molecule has 0 saturated heterocycles. The fraction of sp³-hybridized carbons (Fsp3) is 0.227. The molecule has 0 spiro atoms. The monoisotopic (exact) mass is 389 g/mol. The van der Waals surface area contributed by atoms with Crippen LogP contribution in [0.2, 0.25) is 0 Å². The summed E-state index contributed by atoms with van der Waals surface area (Å²) in [6, 6.07) is 14.9. The third kappa shape index (κ3) is 4.05. The average molecular weight is 389 g/mol. The Kier molecular flexibility index (Phi) is 5.14. The smallest absolute Gasteiger partial charge is 0.248 e. The first-order valence-electron chi connectivity index (χ1n) is 9.50. The molecule has 2 aromatic heterocycles. The zero-order valence-corrected chi connectivity index (χ0v) is 16.5. The number of anilines is 1. The van der Waals surface area contributed by atoms with E-state index in [2.05, 4.69) is 15.2 Å². The first kappa shape index (κ1) is 18.9. The van der Waals surface area contributed by atoms with Crippen LogP contribution in [0.15, 0.2) is 52.9 Å². The zero-order valence-electron chi connectivity index (χ0n) is 16.5. The first-order valence-corrected chi connectivity index (χ1v) is 9.50. The number of carbonyl (C=O) groups excluding carboxylic acids is 1. The molecule has 29 heavy (non-hydrogen) atoms. The second kappa shape index (κ2) is 7.89. The van der Waals surface area contributed by atoms with Crippen LogP contribution in [0.1, 0.15) is 16.8 Å². The van der Waals surface area contributed by atoms with Gasteiger partial charge >= 0.3 is 0 Å². The highest BCUT2D eigenvalue weighted by molar-refractivity contribution is 6.00. The lowest BCUT2D eigenvalue weighted by atomic mass is 10.1. The van der Waals surface area contributed by atoms with Crippen molar-refractivity contribution < 1.29 is 9.21 Å². The molecular formula is C22H23N5O2. The van der Waals surface area contributed by atoms with Gasteiger partial charge in [0.25, 0.3) is 0 Å². The summed E-state index contributed by atoms with van der Waals surface area (Å²) >= 11 is 0. The number of hydrogen-bond donors (Lipinski definition) is 2. The number of hydrogen-bond acceptors (Lipinski definition) is 6. The Hall–Kier alpha value is -3.45. The highest BCUT2D eigenvalue weighted by Gasteiger charge is 2.14. The predicted molar refractivity (Wildman–Crippen MR) is 115 cm³/mol. The Morgan fingerprint density at radius 3 is 2.72 bits per heavy atom. The summed E-state index contributed by atoms with van der Waals surface area (Å²) in [5, 5.41) is 5.13. The molecular weight excluding hydrogens is 366 g/mol. The molecule has 3 N–H and O–H groups in total. The SMILES string of the molecule is CN(C)CCCNc1nc(-c2cc3ccccc3o2)nc2ccc(C(N)=O)cc12. The number of benzene rings is 2. The van der Waals surface area contributed by atoms with Gasteiger partial charge in [-0.1, -0.05) is 18.2 Å². The number of aromatic nitrogens is 2. The minimum atomic E-state index is -0.480. The second-order valence-corrected chi connectivity index (χ2v) is 7.22. The van der Waals surface area contributed by atoms with Gasteiger partial charge in [0.2, 0.25) is 5.91 Å². The summed E-state index contributed by atoms with van der Waals surface area (Å²) in [7, 11) is 4.08. The van der Waals surface area contributed by atoms with Gasteiger partial charge in [0.1, 0.15) is 11.4 Å². The quantitative estimate of drug-likeness (QED) is 0.470. The van der Waals surface area contributed by atoms with Crippen molar-refractivity contribution in [2.24, 2.45) is 5.73 Å². The second-order valence-electron chi connectivity index (χ2n) is 7.22. The van der Waals surface area contributed by atoms with Crippen molar-refractivity contribution in [2.45, 2.75) is 6.42 Å². The van der Waals surface area contributed by atoms with Crippen LogP contribution in [-0.4, -0.2) is 48.0 Å². The standard InChI is InChI=1S/C22H23N5O2/c1-27(2)11-5-10-24-21-16-12-15(20(23)28)8-9-17(16)25-22(26-21)19-13-14-6-3-4-7-18(14)29-19/h3-4,6-9,12-13H,5,10-11H2,1-2H3,(H2,23,28)(H,24,25,26). The Morgan fingerprint density at radius 1 is 1.14 bits per heavy atom. The fourth-order valence-corrected chi connectivity index (χ4v) is 3.22. The maximum Gasteiger partial charge on any atom is 0.248 e. The van der Waals surface area contributed by atoms with E-state index in [1.54, 1.807) is 18.2 Å². The normalized spacial score (nSPS) is 11.4. The number of nitrogens with one attached hydrogen (secondary N) is 1. The summed E-state index contributed by atoms with van der Waals surface area (Å²) in [5.41, 5.74) is 7.38. The van der Waals surface area contributed by atoms with Gasteiger partial charge in [-0.2, -0.15) is 0 Å². The van der Waals surface area contributed by atoms with Crippen molar-refractivity contribution in [3.8, 4) is 11.6 Å². The van der Waals surface area contributed by atoms with E-state index in [0.717, 1.165) is 41.4 Å². The van der Waals surface area contributed by atoms with Crippen LogP contribution in [-0.2, 0) is 0 Å². The molecule has 7 heteroatoms. The molecule has 0 unspecified atom stereocenters. The van der Waals surface area contributed by atoms with Crippen LogP contribution in [0.4, 0.5) is 5.82 Å². The lowest BCUT2D eigenvalue weighted by molar-refractivity contribution is 0.100. The molecule has 4 aromatic rings. The van der Waals surface area contributed by atoms with Gasteiger partial charge in [-0.05, 0) is 57.4 Å². The highest BCUT2D eigenvalue weighted by atomic mass is 16.3. The molecule has 1 amide bonds. The van der Waals surface area contributed by atoms with Gasteiger partial charge < -0.3 is 20.4 Å². The molecule has 0 fully saturated rings. The topological polar surface area (TPSA) is 97.3 Å². The van der Waals surface area contributed by atoms with E-state index < -0.39 is 5.91 Å². The Labute approximate surface area is 168 Å². The minimum absolute atomic E-state index is 0.425. The molecule has 148 valence electrons. The van der Waals surface area contributed by atoms with Crippen LogP contribution in [0.25, 0.3) is 33.5 Å². The van der Waals surface area contributed by atoms with Crippen molar-refractivity contribution in [3.05, 3.63) is 54.1 Å². The fourth-order valence-electron chi connectivity index (χ4n) is 3.22. The van der Waals surface area contributed by atoms with Crippen LogP contribution in [0.3, 0.4) is 0 Å². The van der Waals surface area contributed by atoms with E-state index >= 15 is 0 Å². The van der Waals surface area contributed by atoms with Crippen molar-refractivity contribution in [1.29, 1.82) is 0 Å². The van der Waals surface area contributed by atoms with Crippen molar-refractivity contribution in [1.82, 2.24) is 14.9 Å². The van der Waals surface area contributed by atoms with Crippen LogP contribution >= 0.6 is 0 Å². The van der Waals surface area contributed by atoms with Gasteiger partial charge in [-0.25, -0.2) is 9.97 Å². The Balaban J connectivity index is 1.76. The summed E-state index contributed by atoms with van der Waals surface area (Å²) in [5.74, 6) is 1.28. The molecule has 0 aliphatic carbocycles. The summed E-state index contributed by atoms with van der Waals surface area (Å²) in [4.78, 5) is 23.1. The number of nitrogens with zero attached hydrogens (tertiary/aromatic N) is 3. The number of fused-ring (bicyclic) bond motifs is 2. The van der Waals surface area contributed by atoms with E-state index in [1.165, 1.54) is 0 Å². The number of primary amides is 1. The maximum atomic E-state index is 11.6. The molecule has 0 aliphatic rings. The number of rotatable bonds is 7. The summed E-state index contributed by atoms with van der Waals surface area (Å²) in [6.07, 6.45) is 0.952. The molecule has 0 bridgehead atoms. The molecule has 4 rings (SSSR count). The first-order chi connectivity index (χ1) is 14.0. The van der Waals surface area contributed by atoms with Crippen molar-refractivity contribution >= 4 is 33.6 Å². The number of furan rings is 1. The molecule has 7 nitrogen and oxygen atoms in total. The molecule has 2 heterocycles. The van der Waals surface area contributed by atoms with Gasteiger partial charge in [0.05, 0.1) is 5.52 Å². The van der Waals surface area contributed by atoms with Crippen LogP contribution in [0, 0.1) is 0 Å². The lowest BCUT2D eigenvalue weighted by Crippen LogP contribution is -2.17. The lowest BCUT2D eigenvalue weighted by Gasteiger charge is -2.13. The molecule has 2 aromatic carbocycles. The average Bonchev–Trinajstić information content (AvgIpc) is 3.14. The molecule has 0 atom stereocenters. The van der Waals surface area contributed by atoms with Gasteiger partial charge in [0.15, 0.2) is 11.6 Å². The summed E-state index contributed by atoms with van der Waals surface area (Å²) < 4.78 is 5.94. The number of para-hydroxylation sites is 1. The van der Waals surface area contributed by atoms with Crippen molar-refractivity contribution in [2.75, 3.05) is 32.5 Å². The maximum absolute atomic E-state index is 11.6. The molecule has 0 aliphatic heterocycles. The largest absolute Gasteiger partial charge is 0.453 e. The zero-order chi connectivity index (χ0) is 20.4. The van der Waals surface area contributed by atoms with Crippen LogP contribution < -0.4 is 11.1 Å². The van der Waals surface area contributed by atoms with Gasteiger partial charge in [-0.3, -0.25) is 4.79 Å². The Morgan fingerprint density at radius 2 is 1.97 bits per heavy atom. The van der Waals surface area contributed by atoms with Crippen LogP contribution in [0.5, 0.6) is 0 Å². The number of carbonyl (C=O) groups is 1. The third-order valence-corrected chi connectivity index (χ3v) is 4.70. The van der Waals surface area contributed by atoms with E-state index in [9.17, 15) is 4.79 Å². The van der Waals surface area contributed by atoms with Gasteiger partial charge in [-0.15, -0.1) is 0 Å². The number of amides is 1. The number of nitrogens with two attached hydrogens (primary N) is 1. The molecule has 0 saturated carbocycles. The third-order valence-electron chi connectivity index (χ3n) is 4.70. The van der Waals surface area contributed by atoms with Crippen molar-refractivity contribution in [3.63, 3.8) is 0 Å². The summed E-state index contributed by atoms with van der Waals surface area (Å²) in [6.45, 7) is 1.70. The van der Waals surface area contributed by atoms with E-state index in [0.29, 0.717) is 23.0 Å². The van der Waals surface area contributed by atoms with E-state index in [-0.39, 0.29) is 0 Å². The van der Waals surface area contributed by atoms with E-state index in [1.807, 2.05) is 44.4 Å². The Bertz CT molecular complexity index is 1150. The minimum Gasteiger partial charge on any atom is -0.453 e. The molecule has 0 radical (unpaired) electrons. The highest BCUT2D eigenvalue weighted by Crippen LogP contribution is 2.29. The van der Waals surface area contributed by atoms with E-state index in [4.69, 9.17) is 15.1 Å². The van der Waals surface area contributed by atoms with Gasteiger partial charge in [0, 0.05) is 22.9 Å². The predicted octanol–water partition coefficient (Wildman–Crippen LogP) is 3.51.